The highest BCUT2D eigenvalue weighted by atomic mass is 16.3. The van der Waals surface area contributed by atoms with Crippen molar-refractivity contribution in [2.75, 3.05) is 0 Å². The molecule has 3 rings (SSSR count). The predicted octanol–water partition coefficient (Wildman–Crippen LogP) is 2.91. The molecule has 1 aliphatic heterocycles. The van der Waals surface area contributed by atoms with Gasteiger partial charge >= 0.3 is 0 Å². The van der Waals surface area contributed by atoms with Crippen LogP contribution in [0.15, 0.2) is 53.1 Å². The van der Waals surface area contributed by atoms with E-state index < -0.39 is 0 Å². The monoisotopic (exact) mass is 182 g/mol. The fraction of sp³-hybridized carbons (Fsp3) is 0. The van der Waals surface area contributed by atoms with Crippen molar-refractivity contribution in [3.8, 4) is 0 Å². The first-order valence-electron chi connectivity index (χ1n) is 4.50. The van der Waals surface area contributed by atoms with Crippen LogP contribution in [0.2, 0.25) is 0 Å². The summed E-state index contributed by atoms with van der Waals surface area (Å²) in [5, 5.41) is 5.30. The maximum Gasteiger partial charge on any atom is 0.153 e. The van der Waals surface area contributed by atoms with Gasteiger partial charge < -0.3 is 4.42 Å². The highest BCUT2D eigenvalue weighted by Gasteiger charge is 2.09. The standard InChI is InChI=1S/C12H8NO/c1-2-6-11-9(4-1)8-12(14-11)10-5-3-7-13-10/h1-8H. The van der Waals surface area contributed by atoms with Crippen molar-refractivity contribution in [1.82, 2.24) is 5.32 Å². The van der Waals surface area contributed by atoms with Crippen molar-refractivity contribution in [2.45, 2.75) is 0 Å². The molecule has 0 atom stereocenters. The molecule has 2 nitrogen and oxygen atoms in total. The molecule has 0 aliphatic carbocycles. The summed E-state index contributed by atoms with van der Waals surface area (Å²) >= 11 is 0. The summed E-state index contributed by atoms with van der Waals surface area (Å²) in [4.78, 5) is 0. The molecular weight excluding hydrogens is 174 g/mol. The minimum atomic E-state index is 0.830. The first-order valence-corrected chi connectivity index (χ1v) is 4.50. The Morgan fingerprint density at radius 3 is 2.86 bits per heavy atom. The van der Waals surface area contributed by atoms with Gasteiger partial charge in [0.15, 0.2) is 5.76 Å². The summed E-state index contributed by atoms with van der Waals surface area (Å²) in [6, 6.07) is 9.97. The Kier molecular flexibility index (Phi) is 1.47. The number of allylic oxidation sites excluding steroid dienone is 2. The molecule has 2 aromatic rings. The Hall–Kier alpha value is -1.96. The zero-order chi connectivity index (χ0) is 9.38. The third-order valence-corrected chi connectivity index (χ3v) is 2.23. The summed E-state index contributed by atoms with van der Waals surface area (Å²) in [5.41, 5.74) is 1.80. The minimum absolute atomic E-state index is 0.830. The number of para-hydroxylation sites is 1. The van der Waals surface area contributed by atoms with E-state index in [9.17, 15) is 0 Å². The van der Waals surface area contributed by atoms with Gasteiger partial charge in [-0.2, -0.15) is 0 Å². The maximum atomic E-state index is 5.65. The van der Waals surface area contributed by atoms with Gasteiger partial charge in [-0.15, -0.1) is 0 Å². The van der Waals surface area contributed by atoms with Crippen LogP contribution in [-0.2, 0) is 0 Å². The van der Waals surface area contributed by atoms with Gasteiger partial charge in [-0.3, -0.25) is 5.32 Å². The van der Waals surface area contributed by atoms with E-state index in [2.05, 4.69) is 5.32 Å². The Labute approximate surface area is 81.5 Å². The third-order valence-electron chi connectivity index (χ3n) is 2.23. The zero-order valence-corrected chi connectivity index (χ0v) is 7.47. The Balaban J connectivity index is 2.15. The molecule has 0 spiro atoms. The molecule has 0 N–H and O–H groups in total. The lowest BCUT2D eigenvalue weighted by molar-refractivity contribution is 0.596. The van der Waals surface area contributed by atoms with Crippen LogP contribution >= 0.6 is 0 Å². The van der Waals surface area contributed by atoms with Gasteiger partial charge in [0.2, 0.25) is 0 Å². The number of rotatable bonds is 1. The summed E-state index contributed by atoms with van der Waals surface area (Å²) in [5.74, 6) is 0.830. The molecule has 67 valence electrons. The van der Waals surface area contributed by atoms with E-state index >= 15 is 0 Å². The van der Waals surface area contributed by atoms with Crippen LogP contribution in [0.25, 0.3) is 16.7 Å². The second kappa shape index (κ2) is 2.77. The molecule has 0 saturated heterocycles. The smallest absolute Gasteiger partial charge is 0.153 e. The molecule has 1 radical (unpaired) electrons. The lowest BCUT2D eigenvalue weighted by Crippen LogP contribution is -1.88. The van der Waals surface area contributed by atoms with Gasteiger partial charge in [-0.05, 0) is 24.3 Å². The highest BCUT2D eigenvalue weighted by molar-refractivity contribution is 5.82. The third kappa shape index (κ3) is 1.04. The van der Waals surface area contributed by atoms with Crippen molar-refractivity contribution in [3.05, 3.63) is 54.4 Å². The molecule has 14 heavy (non-hydrogen) atoms. The first-order chi connectivity index (χ1) is 6.93. The van der Waals surface area contributed by atoms with Crippen molar-refractivity contribution in [3.63, 3.8) is 0 Å². The maximum absolute atomic E-state index is 5.65. The molecule has 2 heteroatoms. The summed E-state index contributed by atoms with van der Waals surface area (Å²) < 4.78 is 5.65. The number of furan rings is 1. The predicted molar refractivity (Wildman–Crippen MR) is 55.5 cm³/mol. The number of fused-ring (bicyclic) bond motifs is 1. The van der Waals surface area contributed by atoms with Crippen LogP contribution in [0.3, 0.4) is 0 Å². The first kappa shape index (κ1) is 7.44. The zero-order valence-electron chi connectivity index (χ0n) is 7.47. The van der Waals surface area contributed by atoms with Crippen molar-refractivity contribution >= 4 is 16.7 Å². The van der Waals surface area contributed by atoms with Gasteiger partial charge in [0.1, 0.15) is 11.3 Å². The molecule has 0 amide bonds. The van der Waals surface area contributed by atoms with Gasteiger partial charge in [0, 0.05) is 11.6 Å². The van der Waals surface area contributed by atoms with E-state index in [1.165, 1.54) is 0 Å². The average Bonchev–Trinajstić information content (AvgIpc) is 2.86. The van der Waals surface area contributed by atoms with Crippen molar-refractivity contribution < 1.29 is 4.42 Å². The highest BCUT2D eigenvalue weighted by Crippen LogP contribution is 2.24. The lowest BCUT2D eigenvalue weighted by atomic mass is 10.2. The molecule has 1 aromatic heterocycles. The molecule has 1 aromatic carbocycles. The molecule has 0 saturated carbocycles. The largest absolute Gasteiger partial charge is 0.454 e. The molecule has 0 unspecified atom stereocenters. The molecule has 0 bridgehead atoms. The van der Waals surface area contributed by atoms with E-state index in [1.54, 1.807) is 6.20 Å². The molecule has 2 heterocycles. The van der Waals surface area contributed by atoms with Gasteiger partial charge in [0.05, 0.1) is 0 Å². The van der Waals surface area contributed by atoms with Crippen LogP contribution in [0, 0.1) is 0 Å². The van der Waals surface area contributed by atoms with Crippen LogP contribution in [0.4, 0.5) is 0 Å². The fourth-order valence-electron chi connectivity index (χ4n) is 1.55. The van der Waals surface area contributed by atoms with Gasteiger partial charge in [0.25, 0.3) is 0 Å². The normalized spacial score (nSPS) is 14.4. The number of nitrogens with zero attached hydrogens (tertiary/aromatic N) is 1. The van der Waals surface area contributed by atoms with Crippen LogP contribution < -0.4 is 5.32 Å². The molecule has 1 aliphatic rings. The van der Waals surface area contributed by atoms with Crippen LogP contribution in [0.1, 0.15) is 5.76 Å². The van der Waals surface area contributed by atoms with E-state index in [0.29, 0.717) is 0 Å². The summed E-state index contributed by atoms with van der Waals surface area (Å²) in [6.07, 6.45) is 5.61. The lowest BCUT2D eigenvalue weighted by Gasteiger charge is -1.93. The second-order valence-corrected chi connectivity index (χ2v) is 3.17. The van der Waals surface area contributed by atoms with Crippen molar-refractivity contribution in [1.29, 1.82) is 0 Å². The van der Waals surface area contributed by atoms with Crippen LogP contribution in [-0.4, -0.2) is 0 Å². The quantitative estimate of drug-likeness (QED) is 0.666. The van der Waals surface area contributed by atoms with Gasteiger partial charge in [-0.25, -0.2) is 0 Å². The number of hydrogen-bond donors (Lipinski definition) is 0. The van der Waals surface area contributed by atoms with Gasteiger partial charge in [-0.1, -0.05) is 18.2 Å². The Morgan fingerprint density at radius 2 is 2.07 bits per heavy atom. The van der Waals surface area contributed by atoms with Crippen LogP contribution in [0.5, 0.6) is 0 Å². The van der Waals surface area contributed by atoms with E-state index in [0.717, 1.165) is 22.4 Å². The Morgan fingerprint density at radius 1 is 1.14 bits per heavy atom. The van der Waals surface area contributed by atoms with E-state index in [-0.39, 0.29) is 0 Å². The minimum Gasteiger partial charge on any atom is -0.454 e. The number of benzene rings is 1. The SMILES string of the molecule is C1=C[N]C(c2cc3ccccc3o2)=C1. The average molecular weight is 182 g/mol. The fourth-order valence-corrected chi connectivity index (χ4v) is 1.55. The molecule has 0 fully saturated rings. The summed E-state index contributed by atoms with van der Waals surface area (Å²) in [7, 11) is 0. The van der Waals surface area contributed by atoms with Crippen molar-refractivity contribution in [2.24, 2.45) is 0 Å². The Bertz CT molecular complexity index is 501. The summed E-state index contributed by atoms with van der Waals surface area (Å²) in [6.45, 7) is 0. The van der Waals surface area contributed by atoms with E-state index in [4.69, 9.17) is 4.42 Å². The second-order valence-electron chi connectivity index (χ2n) is 3.17. The topological polar surface area (TPSA) is 27.2 Å². The van der Waals surface area contributed by atoms with E-state index in [1.807, 2.05) is 42.5 Å². The number of hydrogen-bond acceptors (Lipinski definition) is 1. The molecular formula is C12H8NO.